The van der Waals surface area contributed by atoms with Crippen molar-refractivity contribution in [1.82, 2.24) is 4.31 Å². The average Bonchev–Trinajstić information content (AvgIpc) is 2.55. The Kier molecular flexibility index (Phi) is 5.23. The van der Waals surface area contributed by atoms with Gasteiger partial charge in [-0.15, -0.1) is 0 Å². The zero-order valence-electron chi connectivity index (χ0n) is 12.7. The van der Waals surface area contributed by atoms with E-state index in [0.29, 0.717) is 13.1 Å². The fraction of sp³-hybridized carbons (Fsp3) is 0.294. The van der Waals surface area contributed by atoms with Gasteiger partial charge in [0, 0.05) is 35.4 Å². The molecule has 1 aliphatic heterocycles. The third-order valence-electron chi connectivity index (χ3n) is 4.00. The van der Waals surface area contributed by atoms with Crippen LogP contribution in [0.5, 0.6) is 0 Å². The molecule has 4 nitrogen and oxygen atoms in total. The second-order valence-electron chi connectivity index (χ2n) is 5.61. The van der Waals surface area contributed by atoms with Crippen molar-refractivity contribution in [3.63, 3.8) is 0 Å². The van der Waals surface area contributed by atoms with E-state index in [9.17, 15) is 8.42 Å². The molecule has 0 radical (unpaired) electrons. The van der Waals surface area contributed by atoms with Crippen LogP contribution in [0.15, 0.2) is 54.6 Å². The Bertz CT molecular complexity index is 757. The van der Waals surface area contributed by atoms with Gasteiger partial charge in [-0.3, -0.25) is 0 Å². The second kappa shape index (κ2) is 7.19. The summed E-state index contributed by atoms with van der Waals surface area (Å²) in [6.45, 7) is 2.55. The lowest BCUT2D eigenvalue weighted by Crippen LogP contribution is -2.49. The summed E-state index contributed by atoms with van der Waals surface area (Å²) in [5, 5.41) is 0. The van der Waals surface area contributed by atoms with Crippen LogP contribution in [0.2, 0.25) is 0 Å². The van der Waals surface area contributed by atoms with Crippen molar-refractivity contribution in [3.05, 3.63) is 63.7 Å². The monoisotopic (exact) mass is 442 g/mol. The van der Waals surface area contributed by atoms with Crippen LogP contribution in [0.25, 0.3) is 0 Å². The number of sulfonamides is 1. The first-order valence-electron chi connectivity index (χ1n) is 7.57. The first-order chi connectivity index (χ1) is 11.0. The number of halogens is 1. The molecule has 1 saturated heterocycles. The van der Waals surface area contributed by atoms with Crippen molar-refractivity contribution in [3.8, 4) is 0 Å². The molecule has 0 aliphatic carbocycles. The van der Waals surface area contributed by atoms with E-state index in [4.69, 9.17) is 0 Å². The summed E-state index contributed by atoms with van der Waals surface area (Å²) in [7, 11) is -3.24. The van der Waals surface area contributed by atoms with E-state index in [2.05, 4.69) is 45.7 Å². The predicted molar refractivity (Wildman–Crippen MR) is 102 cm³/mol. The molecule has 3 rings (SSSR count). The van der Waals surface area contributed by atoms with Crippen LogP contribution >= 0.6 is 22.6 Å². The van der Waals surface area contributed by atoms with Crippen molar-refractivity contribution in [2.24, 2.45) is 0 Å². The number of piperazine rings is 1. The van der Waals surface area contributed by atoms with Gasteiger partial charge in [0.05, 0.1) is 5.75 Å². The number of rotatable bonds is 4. The molecule has 23 heavy (non-hydrogen) atoms. The number of hydrogen-bond donors (Lipinski definition) is 0. The summed E-state index contributed by atoms with van der Waals surface area (Å²) in [5.74, 6) is 0.0804. The summed E-state index contributed by atoms with van der Waals surface area (Å²) in [5.41, 5.74) is 2.00. The van der Waals surface area contributed by atoms with Gasteiger partial charge in [-0.25, -0.2) is 8.42 Å². The number of hydrogen-bond acceptors (Lipinski definition) is 3. The quantitative estimate of drug-likeness (QED) is 0.684. The van der Waals surface area contributed by atoms with Crippen LogP contribution in [0, 0.1) is 3.57 Å². The summed E-state index contributed by atoms with van der Waals surface area (Å²) in [6.07, 6.45) is 0. The van der Waals surface area contributed by atoms with Crippen LogP contribution in [-0.2, 0) is 15.8 Å². The van der Waals surface area contributed by atoms with Crippen molar-refractivity contribution in [2.45, 2.75) is 5.75 Å². The van der Waals surface area contributed by atoms with E-state index in [1.165, 1.54) is 3.57 Å². The summed E-state index contributed by atoms with van der Waals surface area (Å²) in [6, 6.07) is 17.7. The average molecular weight is 442 g/mol. The largest absolute Gasteiger partial charge is 0.369 e. The van der Waals surface area contributed by atoms with Gasteiger partial charge in [-0.05, 0) is 46.4 Å². The molecule has 1 fully saturated rings. The van der Waals surface area contributed by atoms with Gasteiger partial charge in [0.15, 0.2) is 0 Å². The molecule has 0 amide bonds. The third kappa shape index (κ3) is 4.24. The minimum absolute atomic E-state index is 0.0804. The third-order valence-corrected chi connectivity index (χ3v) is 6.52. The Hall–Kier alpha value is -1.12. The molecule has 0 saturated carbocycles. The van der Waals surface area contributed by atoms with Crippen LogP contribution in [0.1, 0.15) is 5.56 Å². The van der Waals surface area contributed by atoms with Gasteiger partial charge in [0.2, 0.25) is 10.0 Å². The molecule has 0 bridgehead atoms. The lowest BCUT2D eigenvalue weighted by Gasteiger charge is -2.35. The molecular formula is C17H19IN2O2S. The minimum Gasteiger partial charge on any atom is -0.369 e. The Labute approximate surface area is 151 Å². The lowest BCUT2D eigenvalue weighted by molar-refractivity contribution is 0.384. The molecular weight excluding hydrogens is 423 g/mol. The van der Waals surface area contributed by atoms with Crippen LogP contribution in [0.3, 0.4) is 0 Å². The van der Waals surface area contributed by atoms with Gasteiger partial charge in [0.1, 0.15) is 0 Å². The number of nitrogens with zero attached hydrogens (tertiary/aromatic N) is 2. The minimum atomic E-state index is -3.24. The van der Waals surface area contributed by atoms with Crippen molar-refractivity contribution >= 4 is 38.3 Å². The van der Waals surface area contributed by atoms with Gasteiger partial charge in [-0.2, -0.15) is 4.31 Å². The first-order valence-corrected chi connectivity index (χ1v) is 10.3. The van der Waals surface area contributed by atoms with E-state index in [1.807, 2.05) is 36.4 Å². The summed E-state index contributed by atoms with van der Waals surface area (Å²) >= 11 is 2.30. The molecule has 6 heteroatoms. The Morgan fingerprint density at radius 1 is 0.913 bits per heavy atom. The Morgan fingerprint density at radius 2 is 1.61 bits per heavy atom. The number of anilines is 1. The normalized spacial score (nSPS) is 16.5. The zero-order valence-corrected chi connectivity index (χ0v) is 15.7. The molecule has 2 aromatic rings. The molecule has 1 heterocycles. The van der Waals surface area contributed by atoms with Gasteiger partial charge in [0.25, 0.3) is 0 Å². The standard InChI is InChI=1S/C17H19IN2O2S/c18-16-7-4-8-17(13-16)19-9-11-20(12-10-19)23(21,22)14-15-5-2-1-3-6-15/h1-8,13H,9-12,14H2. The molecule has 1 aliphatic rings. The predicted octanol–water partition coefficient (Wildman–Crippen LogP) is 2.94. The first kappa shape index (κ1) is 16.7. The highest BCUT2D eigenvalue weighted by molar-refractivity contribution is 14.1. The molecule has 0 spiro atoms. The Balaban J connectivity index is 1.64. The van der Waals surface area contributed by atoms with Crippen molar-refractivity contribution in [1.29, 1.82) is 0 Å². The Morgan fingerprint density at radius 3 is 2.26 bits per heavy atom. The van der Waals surface area contributed by atoms with Crippen LogP contribution in [0.4, 0.5) is 5.69 Å². The van der Waals surface area contributed by atoms with Gasteiger partial charge in [-0.1, -0.05) is 36.4 Å². The zero-order chi connectivity index (χ0) is 16.3. The highest BCUT2D eigenvalue weighted by atomic mass is 127. The summed E-state index contributed by atoms with van der Waals surface area (Å²) < 4.78 is 27.9. The van der Waals surface area contributed by atoms with Crippen molar-refractivity contribution < 1.29 is 8.42 Å². The fourth-order valence-corrected chi connectivity index (χ4v) is 4.82. The smallest absolute Gasteiger partial charge is 0.218 e. The van der Waals surface area contributed by atoms with E-state index >= 15 is 0 Å². The lowest BCUT2D eigenvalue weighted by atomic mass is 10.2. The summed E-state index contributed by atoms with van der Waals surface area (Å²) in [4.78, 5) is 2.25. The molecule has 122 valence electrons. The number of benzene rings is 2. The molecule has 0 N–H and O–H groups in total. The topological polar surface area (TPSA) is 40.6 Å². The van der Waals surface area contributed by atoms with Gasteiger partial charge >= 0.3 is 0 Å². The SMILES string of the molecule is O=S(=O)(Cc1ccccc1)N1CCN(c2cccc(I)c2)CC1. The van der Waals surface area contributed by atoms with E-state index in [1.54, 1.807) is 4.31 Å². The fourth-order valence-electron chi connectivity index (χ4n) is 2.77. The highest BCUT2D eigenvalue weighted by Gasteiger charge is 2.27. The maximum Gasteiger partial charge on any atom is 0.218 e. The molecule has 2 aromatic carbocycles. The van der Waals surface area contributed by atoms with E-state index in [-0.39, 0.29) is 5.75 Å². The molecule has 0 atom stereocenters. The second-order valence-corrected chi connectivity index (χ2v) is 8.82. The van der Waals surface area contributed by atoms with E-state index in [0.717, 1.165) is 24.3 Å². The molecule has 0 unspecified atom stereocenters. The maximum atomic E-state index is 12.6. The van der Waals surface area contributed by atoms with Gasteiger partial charge < -0.3 is 4.90 Å². The molecule has 0 aromatic heterocycles. The van der Waals surface area contributed by atoms with Crippen LogP contribution in [-0.4, -0.2) is 38.9 Å². The van der Waals surface area contributed by atoms with Crippen LogP contribution < -0.4 is 4.90 Å². The maximum absolute atomic E-state index is 12.6. The highest BCUT2D eigenvalue weighted by Crippen LogP contribution is 2.21. The van der Waals surface area contributed by atoms with E-state index < -0.39 is 10.0 Å². The van der Waals surface area contributed by atoms with Crippen molar-refractivity contribution in [2.75, 3.05) is 31.1 Å².